The van der Waals surface area contributed by atoms with Crippen LogP contribution in [0.15, 0.2) is 12.1 Å². The second-order valence-electron chi connectivity index (χ2n) is 4.68. The van der Waals surface area contributed by atoms with Crippen molar-refractivity contribution in [1.29, 1.82) is 0 Å². The van der Waals surface area contributed by atoms with Crippen molar-refractivity contribution in [1.82, 2.24) is 0 Å². The summed E-state index contributed by atoms with van der Waals surface area (Å²) in [7, 11) is 0. The van der Waals surface area contributed by atoms with E-state index in [0.717, 1.165) is 6.42 Å². The van der Waals surface area contributed by atoms with Crippen molar-refractivity contribution in [3.63, 3.8) is 0 Å². The van der Waals surface area contributed by atoms with Gasteiger partial charge in [-0.2, -0.15) is 0 Å². The number of hydrogen-bond donors (Lipinski definition) is 1. The lowest BCUT2D eigenvalue weighted by molar-refractivity contribution is -0.116. The van der Waals surface area contributed by atoms with Gasteiger partial charge in [-0.25, -0.2) is 0 Å². The normalized spacial score (nSPS) is 13.6. The molecule has 0 atom stereocenters. The van der Waals surface area contributed by atoms with Crippen LogP contribution in [0.4, 0.5) is 5.69 Å². The lowest BCUT2D eigenvalue weighted by atomic mass is 10.2. The largest absolute Gasteiger partial charge is 0.490 e. The van der Waals surface area contributed by atoms with E-state index in [1.54, 1.807) is 12.1 Å². The van der Waals surface area contributed by atoms with Crippen LogP contribution in [0.3, 0.4) is 0 Å². The average Bonchev–Trinajstić information content (AvgIpc) is 2.69. The molecule has 0 aromatic heterocycles. The molecule has 1 heterocycles. The number of carbonyl (C=O) groups is 1. The van der Waals surface area contributed by atoms with Crippen molar-refractivity contribution in [2.75, 3.05) is 31.7 Å². The Morgan fingerprint density at radius 2 is 2.05 bits per heavy atom. The van der Waals surface area contributed by atoms with Crippen molar-refractivity contribution in [2.24, 2.45) is 0 Å². The van der Waals surface area contributed by atoms with Gasteiger partial charge in [-0.05, 0) is 13.3 Å². The van der Waals surface area contributed by atoms with Gasteiger partial charge in [0.2, 0.25) is 5.91 Å². The van der Waals surface area contributed by atoms with Crippen LogP contribution >= 0.6 is 11.6 Å². The third-order valence-electron chi connectivity index (χ3n) is 3.01. The maximum atomic E-state index is 11.9. The van der Waals surface area contributed by atoms with Crippen molar-refractivity contribution in [3.8, 4) is 11.5 Å². The Hall–Kier alpha value is -1.46. The molecule has 1 aromatic carbocycles. The summed E-state index contributed by atoms with van der Waals surface area (Å²) in [4.78, 5) is 11.9. The topological polar surface area (TPSA) is 56.8 Å². The summed E-state index contributed by atoms with van der Waals surface area (Å²) in [5, 5.41) is 3.24. The summed E-state index contributed by atoms with van der Waals surface area (Å²) in [5.74, 6) is 1.14. The van der Waals surface area contributed by atoms with E-state index in [-0.39, 0.29) is 5.91 Å². The predicted octanol–water partition coefficient (Wildman–Crippen LogP) is 3.26. The number of carbonyl (C=O) groups excluding carboxylic acids is 1. The standard InChI is InChI=1S/C15H20ClNO4/c1-2-19-6-3-5-15(18)17-12-10-14-13(9-11(12)16)20-7-4-8-21-14/h9-10H,2-8H2,1H3,(H,17,18). The van der Waals surface area contributed by atoms with Crippen molar-refractivity contribution in [2.45, 2.75) is 26.2 Å². The van der Waals surface area contributed by atoms with Gasteiger partial charge in [0.05, 0.1) is 23.9 Å². The third kappa shape index (κ3) is 4.79. The van der Waals surface area contributed by atoms with Crippen LogP contribution in [0.2, 0.25) is 5.02 Å². The van der Waals surface area contributed by atoms with Gasteiger partial charge in [-0.1, -0.05) is 11.6 Å². The molecular weight excluding hydrogens is 294 g/mol. The Morgan fingerprint density at radius 3 is 2.76 bits per heavy atom. The fourth-order valence-electron chi connectivity index (χ4n) is 1.97. The smallest absolute Gasteiger partial charge is 0.224 e. The Labute approximate surface area is 129 Å². The first-order valence-corrected chi connectivity index (χ1v) is 7.55. The van der Waals surface area contributed by atoms with E-state index in [1.165, 1.54) is 0 Å². The Balaban J connectivity index is 1.96. The Bertz CT molecular complexity index is 493. The number of nitrogens with one attached hydrogen (secondary N) is 1. The average molecular weight is 314 g/mol. The summed E-state index contributed by atoms with van der Waals surface area (Å²) in [5.41, 5.74) is 0.544. The summed E-state index contributed by atoms with van der Waals surface area (Å²) in [6.45, 7) is 4.37. The highest BCUT2D eigenvalue weighted by molar-refractivity contribution is 6.34. The number of anilines is 1. The highest BCUT2D eigenvalue weighted by atomic mass is 35.5. The molecule has 0 saturated carbocycles. The first kappa shape index (κ1) is 15.9. The van der Waals surface area contributed by atoms with Crippen LogP contribution in [0.25, 0.3) is 0 Å². The summed E-state index contributed by atoms with van der Waals surface area (Å²) >= 11 is 6.17. The number of fused-ring (bicyclic) bond motifs is 1. The molecule has 1 aliphatic rings. The summed E-state index contributed by atoms with van der Waals surface area (Å²) < 4.78 is 16.3. The lowest BCUT2D eigenvalue weighted by Crippen LogP contribution is -2.12. The van der Waals surface area contributed by atoms with Crippen LogP contribution in [0.5, 0.6) is 11.5 Å². The highest BCUT2D eigenvalue weighted by Crippen LogP contribution is 2.37. The zero-order valence-corrected chi connectivity index (χ0v) is 12.9. The first-order chi connectivity index (χ1) is 10.2. The Kier molecular flexibility index (Phi) is 6.14. The highest BCUT2D eigenvalue weighted by Gasteiger charge is 2.15. The van der Waals surface area contributed by atoms with Gasteiger partial charge in [-0.3, -0.25) is 4.79 Å². The van der Waals surface area contributed by atoms with Crippen molar-refractivity contribution in [3.05, 3.63) is 17.2 Å². The van der Waals surface area contributed by atoms with Gasteiger partial charge in [0, 0.05) is 38.2 Å². The SMILES string of the molecule is CCOCCCC(=O)Nc1cc2c(cc1Cl)OCCCO2. The lowest BCUT2D eigenvalue weighted by Gasteiger charge is -2.12. The molecule has 1 aromatic rings. The van der Waals surface area contributed by atoms with E-state index in [1.807, 2.05) is 6.92 Å². The Morgan fingerprint density at radius 1 is 1.33 bits per heavy atom. The van der Waals surface area contributed by atoms with Crippen molar-refractivity contribution >= 4 is 23.2 Å². The zero-order chi connectivity index (χ0) is 15.1. The molecule has 1 N–H and O–H groups in total. The molecule has 1 amide bonds. The summed E-state index contributed by atoms with van der Waals surface area (Å²) in [6.07, 6.45) is 1.90. The molecule has 0 aliphatic carbocycles. The molecule has 0 unspecified atom stereocenters. The second kappa shape index (κ2) is 8.10. The molecule has 1 aliphatic heterocycles. The van der Waals surface area contributed by atoms with Crippen LogP contribution in [-0.4, -0.2) is 32.3 Å². The molecule has 116 valence electrons. The minimum atomic E-state index is -0.0916. The molecule has 0 spiro atoms. The maximum Gasteiger partial charge on any atom is 0.224 e. The monoisotopic (exact) mass is 313 g/mol. The van der Waals surface area contributed by atoms with Gasteiger partial charge in [0.15, 0.2) is 11.5 Å². The molecule has 0 saturated heterocycles. The van der Waals surface area contributed by atoms with Gasteiger partial charge < -0.3 is 19.5 Å². The van der Waals surface area contributed by atoms with Crippen LogP contribution in [0.1, 0.15) is 26.2 Å². The van der Waals surface area contributed by atoms with Crippen molar-refractivity contribution < 1.29 is 19.0 Å². The molecule has 6 heteroatoms. The molecule has 0 radical (unpaired) electrons. The number of halogens is 1. The minimum Gasteiger partial charge on any atom is -0.490 e. The quantitative estimate of drug-likeness (QED) is 0.819. The van der Waals surface area contributed by atoms with Crippen LogP contribution < -0.4 is 14.8 Å². The molecule has 21 heavy (non-hydrogen) atoms. The molecular formula is C15H20ClNO4. The molecule has 5 nitrogen and oxygen atoms in total. The second-order valence-corrected chi connectivity index (χ2v) is 5.09. The van der Waals surface area contributed by atoms with Crippen LogP contribution in [-0.2, 0) is 9.53 Å². The van der Waals surface area contributed by atoms with Gasteiger partial charge in [0.1, 0.15) is 0 Å². The first-order valence-electron chi connectivity index (χ1n) is 7.17. The fraction of sp³-hybridized carbons (Fsp3) is 0.533. The number of benzene rings is 1. The third-order valence-corrected chi connectivity index (χ3v) is 3.32. The molecule has 0 fully saturated rings. The fourth-order valence-corrected chi connectivity index (χ4v) is 2.17. The predicted molar refractivity (Wildman–Crippen MR) is 81.4 cm³/mol. The van der Waals surface area contributed by atoms with E-state index >= 15 is 0 Å². The molecule has 2 rings (SSSR count). The number of hydrogen-bond acceptors (Lipinski definition) is 4. The van der Waals surface area contributed by atoms with E-state index in [4.69, 9.17) is 25.8 Å². The number of rotatable bonds is 6. The molecule has 0 bridgehead atoms. The van der Waals surface area contributed by atoms with Crippen LogP contribution in [0, 0.1) is 0 Å². The van der Waals surface area contributed by atoms with E-state index in [9.17, 15) is 4.79 Å². The van der Waals surface area contributed by atoms with E-state index < -0.39 is 0 Å². The number of ether oxygens (including phenoxy) is 3. The van der Waals surface area contributed by atoms with Gasteiger partial charge >= 0.3 is 0 Å². The van der Waals surface area contributed by atoms with Gasteiger partial charge in [0.25, 0.3) is 0 Å². The number of amides is 1. The summed E-state index contributed by atoms with van der Waals surface area (Å²) in [6, 6.07) is 3.39. The van der Waals surface area contributed by atoms with E-state index in [0.29, 0.717) is 61.5 Å². The van der Waals surface area contributed by atoms with Gasteiger partial charge in [-0.15, -0.1) is 0 Å². The van der Waals surface area contributed by atoms with E-state index in [2.05, 4.69) is 5.32 Å². The zero-order valence-electron chi connectivity index (χ0n) is 12.1. The minimum absolute atomic E-state index is 0.0916. The maximum absolute atomic E-state index is 11.9.